The normalized spacial score (nSPS) is 19.3. The van der Waals surface area contributed by atoms with Crippen LogP contribution in [0, 0.1) is 11.3 Å². The largest absolute Gasteiger partial charge is 0.351 e. The van der Waals surface area contributed by atoms with Crippen molar-refractivity contribution in [3.63, 3.8) is 0 Å². The molecule has 2 rings (SSSR count). The molecule has 1 heterocycles. The van der Waals surface area contributed by atoms with Gasteiger partial charge in [0.15, 0.2) is 0 Å². The van der Waals surface area contributed by atoms with Crippen molar-refractivity contribution in [3.8, 4) is 6.07 Å². The molecule has 0 aromatic heterocycles. The third-order valence-corrected chi connectivity index (χ3v) is 3.90. The molecule has 1 aromatic carbocycles. The van der Waals surface area contributed by atoms with Gasteiger partial charge in [-0.3, -0.25) is 9.69 Å². The predicted molar refractivity (Wildman–Crippen MR) is 78.4 cm³/mol. The lowest BCUT2D eigenvalue weighted by atomic mass is 10.0. The first-order valence-corrected chi connectivity index (χ1v) is 7.23. The molecular weight excluding hydrogens is 250 g/mol. The van der Waals surface area contributed by atoms with Crippen LogP contribution in [0.15, 0.2) is 24.3 Å². The summed E-state index contributed by atoms with van der Waals surface area (Å²) in [5.74, 6) is -0.0702. The van der Waals surface area contributed by atoms with Crippen molar-refractivity contribution in [1.82, 2.24) is 10.2 Å². The first-order valence-electron chi connectivity index (χ1n) is 7.23. The molecule has 0 unspecified atom stereocenters. The molecule has 4 heteroatoms. The number of hydrogen-bond donors (Lipinski definition) is 1. The van der Waals surface area contributed by atoms with Gasteiger partial charge in [-0.25, -0.2) is 0 Å². The maximum Gasteiger partial charge on any atom is 0.251 e. The lowest BCUT2D eigenvalue weighted by Gasteiger charge is -2.33. The molecule has 1 atom stereocenters. The number of carbonyl (C=O) groups excluding carboxylic acids is 1. The number of likely N-dealkylation sites (tertiary alicyclic amines) is 1. The number of rotatable bonds is 4. The van der Waals surface area contributed by atoms with Crippen LogP contribution in [0.3, 0.4) is 0 Å². The molecule has 0 saturated carbocycles. The number of benzene rings is 1. The molecule has 106 valence electrons. The van der Waals surface area contributed by atoms with Gasteiger partial charge in [-0.05, 0) is 50.6 Å². The highest BCUT2D eigenvalue weighted by Gasteiger charge is 2.17. The minimum absolute atomic E-state index is 0.0702. The predicted octanol–water partition coefficient (Wildman–Crippen LogP) is 2.16. The minimum atomic E-state index is -0.0702. The molecule has 0 bridgehead atoms. The molecule has 1 fully saturated rings. The minimum Gasteiger partial charge on any atom is -0.351 e. The number of nitriles is 1. The fourth-order valence-corrected chi connectivity index (χ4v) is 2.60. The van der Waals surface area contributed by atoms with E-state index in [-0.39, 0.29) is 5.91 Å². The van der Waals surface area contributed by atoms with Crippen LogP contribution in [0.25, 0.3) is 0 Å². The van der Waals surface area contributed by atoms with E-state index in [0.717, 1.165) is 13.1 Å². The number of amides is 1. The van der Waals surface area contributed by atoms with Crippen LogP contribution in [-0.2, 0) is 0 Å². The summed E-state index contributed by atoms with van der Waals surface area (Å²) in [5.41, 5.74) is 1.18. The van der Waals surface area contributed by atoms with E-state index in [0.29, 0.717) is 23.7 Å². The zero-order chi connectivity index (χ0) is 14.4. The fourth-order valence-electron chi connectivity index (χ4n) is 2.60. The van der Waals surface area contributed by atoms with Gasteiger partial charge in [0.2, 0.25) is 0 Å². The quantitative estimate of drug-likeness (QED) is 0.913. The zero-order valence-electron chi connectivity index (χ0n) is 11.9. The molecule has 0 radical (unpaired) electrons. The van der Waals surface area contributed by atoms with Gasteiger partial charge in [-0.15, -0.1) is 0 Å². The second-order valence-electron chi connectivity index (χ2n) is 5.33. The Labute approximate surface area is 120 Å². The third-order valence-electron chi connectivity index (χ3n) is 3.90. The lowest BCUT2D eigenvalue weighted by Crippen LogP contribution is -2.42. The number of nitrogens with one attached hydrogen (secondary N) is 1. The molecule has 1 aliphatic heterocycles. The van der Waals surface area contributed by atoms with Crippen molar-refractivity contribution in [1.29, 1.82) is 5.26 Å². The van der Waals surface area contributed by atoms with Crippen LogP contribution >= 0.6 is 0 Å². The Morgan fingerprint density at radius 1 is 1.40 bits per heavy atom. The summed E-state index contributed by atoms with van der Waals surface area (Å²) in [6.45, 7) is 4.96. The molecule has 4 nitrogen and oxygen atoms in total. The van der Waals surface area contributed by atoms with E-state index in [1.165, 1.54) is 19.3 Å². The van der Waals surface area contributed by atoms with Crippen molar-refractivity contribution < 1.29 is 4.79 Å². The topological polar surface area (TPSA) is 56.1 Å². The van der Waals surface area contributed by atoms with Gasteiger partial charge in [0.1, 0.15) is 0 Å². The van der Waals surface area contributed by atoms with Crippen LogP contribution in [0.5, 0.6) is 0 Å². The maximum atomic E-state index is 12.0. The van der Waals surface area contributed by atoms with Gasteiger partial charge in [-0.2, -0.15) is 5.26 Å². The highest BCUT2D eigenvalue weighted by Crippen LogP contribution is 2.15. The Morgan fingerprint density at radius 2 is 2.15 bits per heavy atom. The molecule has 1 amide bonds. The zero-order valence-corrected chi connectivity index (χ0v) is 11.9. The Kier molecular flexibility index (Phi) is 5.14. The molecule has 0 aliphatic carbocycles. The molecule has 1 aliphatic rings. The number of carbonyl (C=O) groups is 1. The fraction of sp³-hybridized carbons (Fsp3) is 0.500. The Morgan fingerprint density at radius 3 is 2.80 bits per heavy atom. The average molecular weight is 271 g/mol. The van der Waals surface area contributed by atoms with E-state index in [4.69, 9.17) is 5.26 Å². The molecular formula is C16H21N3O. The summed E-state index contributed by atoms with van der Waals surface area (Å²) in [4.78, 5) is 14.4. The van der Waals surface area contributed by atoms with Gasteiger partial charge < -0.3 is 5.32 Å². The number of nitrogens with zero attached hydrogens (tertiary/aromatic N) is 2. The summed E-state index contributed by atoms with van der Waals surface area (Å²) in [5, 5.41) is 11.7. The van der Waals surface area contributed by atoms with E-state index in [9.17, 15) is 4.79 Å². The summed E-state index contributed by atoms with van der Waals surface area (Å²) in [6, 6.07) is 9.39. The van der Waals surface area contributed by atoms with Crippen molar-refractivity contribution in [2.75, 3.05) is 19.6 Å². The summed E-state index contributed by atoms with van der Waals surface area (Å²) in [6.07, 6.45) is 3.83. The summed E-state index contributed by atoms with van der Waals surface area (Å²) >= 11 is 0. The van der Waals surface area contributed by atoms with E-state index >= 15 is 0 Å². The third kappa shape index (κ3) is 3.82. The van der Waals surface area contributed by atoms with Crippen molar-refractivity contribution in [3.05, 3.63) is 35.4 Å². The Balaban J connectivity index is 1.78. The molecule has 1 saturated heterocycles. The molecule has 1 aromatic rings. The van der Waals surface area contributed by atoms with Crippen molar-refractivity contribution in [2.45, 2.75) is 32.2 Å². The first-order chi connectivity index (χ1) is 9.70. The Bertz CT molecular complexity index is 489. The number of hydrogen-bond acceptors (Lipinski definition) is 3. The van der Waals surface area contributed by atoms with E-state index in [1.807, 2.05) is 6.07 Å². The van der Waals surface area contributed by atoms with Gasteiger partial charge in [0.05, 0.1) is 11.6 Å². The van der Waals surface area contributed by atoms with Gasteiger partial charge in [0.25, 0.3) is 5.91 Å². The van der Waals surface area contributed by atoms with Crippen LogP contribution in [0.2, 0.25) is 0 Å². The lowest BCUT2D eigenvalue weighted by molar-refractivity contribution is 0.0938. The van der Waals surface area contributed by atoms with Gasteiger partial charge >= 0.3 is 0 Å². The Hall–Kier alpha value is -1.86. The average Bonchev–Trinajstić information content (AvgIpc) is 2.49. The molecule has 20 heavy (non-hydrogen) atoms. The summed E-state index contributed by atoms with van der Waals surface area (Å²) in [7, 11) is 0. The molecule has 1 N–H and O–H groups in total. The van der Waals surface area contributed by atoms with Crippen LogP contribution in [0.4, 0.5) is 0 Å². The molecule has 0 spiro atoms. The maximum absolute atomic E-state index is 12.0. The monoisotopic (exact) mass is 271 g/mol. The van der Waals surface area contributed by atoms with Gasteiger partial charge in [-0.1, -0.05) is 6.42 Å². The second-order valence-corrected chi connectivity index (χ2v) is 5.33. The van der Waals surface area contributed by atoms with E-state index in [2.05, 4.69) is 17.1 Å². The van der Waals surface area contributed by atoms with Crippen LogP contribution in [-0.4, -0.2) is 36.5 Å². The highest BCUT2D eigenvalue weighted by atomic mass is 16.1. The summed E-state index contributed by atoms with van der Waals surface area (Å²) < 4.78 is 0. The standard InChI is InChI=1S/C16H21N3O/c1-13-4-2-3-10-19(13)11-9-18-16(20)15-7-5-14(12-17)6-8-15/h5-8,13H,2-4,9-11H2,1H3,(H,18,20)/t13-/m1/s1. The number of piperidine rings is 1. The van der Waals surface area contributed by atoms with E-state index in [1.54, 1.807) is 24.3 Å². The van der Waals surface area contributed by atoms with Crippen molar-refractivity contribution >= 4 is 5.91 Å². The second kappa shape index (κ2) is 7.06. The van der Waals surface area contributed by atoms with Gasteiger partial charge in [0, 0.05) is 24.7 Å². The van der Waals surface area contributed by atoms with Crippen LogP contribution < -0.4 is 5.32 Å². The van der Waals surface area contributed by atoms with Crippen molar-refractivity contribution in [2.24, 2.45) is 0 Å². The highest BCUT2D eigenvalue weighted by molar-refractivity contribution is 5.94. The smallest absolute Gasteiger partial charge is 0.251 e. The first kappa shape index (κ1) is 14.5. The van der Waals surface area contributed by atoms with Crippen LogP contribution in [0.1, 0.15) is 42.1 Å². The SMILES string of the molecule is C[C@@H]1CCCCN1CCNC(=O)c1ccc(C#N)cc1. The van der Waals surface area contributed by atoms with E-state index < -0.39 is 0 Å².